The summed E-state index contributed by atoms with van der Waals surface area (Å²) in [7, 11) is 0. The van der Waals surface area contributed by atoms with Gasteiger partial charge in [0.05, 0.1) is 0 Å². The third kappa shape index (κ3) is 1.89. The summed E-state index contributed by atoms with van der Waals surface area (Å²) in [4.78, 5) is 5.28. The number of fused-ring (bicyclic) bond motifs is 1. The molecule has 0 atom stereocenters. The van der Waals surface area contributed by atoms with Crippen LogP contribution in [0.15, 0.2) is 51.1 Å². The molecule has 2 aromatic heterocycles. The number of benzene rings is 1. The molecule has 0 radical (unpaired) electrons. The molecule has 0 saturated carbocycles. The highest BCUT2D eigenvalue weighted by atomic mass is 32.2. The summed E-state index contributed by atoms with van der Waals surface area (Å²) in [6.07, 6.45) is 1.77. The van der Waals surface area contributed by atoms with Gasteiger partial charge in [0.25, 0.3) is 0 Å². The van der Waals surface area contributed by atoms with Crippen molar-refractivity contribution in [1.29, 1.82) is 0 Å². The van der Waals surface area contributed by atoms with E-state index in [1.807, 2.05) is 37.3 Å². The van der Waals surface area contributed by atoms with E-state index in [1.165, 1.54) is 0 Å². The van der Waals surface area contributed by atoms with Crippen molar-refractivity contribution in [2.24, 2.45) is 0 Å². The maximum Gasteiger partial charge on any atom is 0.149 e. The third-order valence-corrected chi connectivity index (χ3v) is 3.43. The predicted octanol–water partition coefficient (Wildman–Crippen LogP) is 3.08. The molecule has 3 rings (SSSR count). The molecule has 4 nitrogen and oxygen atoms in total. The van der Waals surface area contributed by atoms with Crippen LogP contribution in [0.1, 0.15) is 5.56 Å². The van der Waals surface area contributed by atoms with E-state index < -0.39 is 0 Å². The summed E-state index contributed by atoms with van der Waals surface area (Å²) < 4.78 is 4.79. The Morgan fingerprint density at radius 1 is 1.06 bits per heavy atom. The fourth-order valence-electron chi connectivity index (χ4n) is 1.57. The Bertz CT molecular complexity index is 651. The molecule has 0 aliphatic carbocycles. The molecule has 3 aromatic rings. The first kappa shape index (κ1) is 10.3. The number of hydrogen-bond acceptors (Lipinski definition) is 5. The molecule has 84 valence electrons. The number of rotatable bonds is 2. The van der Waals surface area contributed by atoms with Gasteiger partial charge in [0.15, 0.2) is 0 Å². The lowest BCUT2D eigenvalue weighted by Crippen LogP contribution is -1.82. The minimum Gasteiger partial charge on any atom is -0.250 e. The summed E-state index contributed by atoms with van der Waals surface area (Å²) in [6.45, 7) is 1.99. The van der Waals surface area contributed by atoms with Gasteiger partial charge in [0, 0.05) is 11.1 Å². The Hall–Kier alpha value is -1.88. The van der Waals surface area contributed by atoms with E-state index in [2.05, 4.69) is 15.3 Å². The van der Waals surface area contributed by atoms with Crippen molar-refractivity contribution in [1.82, 2.24) is 15.3 Å². The molecule has 0 bridgehead atoms. The maximum absolute atomic E-state index is 4.79. The van der Waals surface area contributed by atoms with Crippen LogP contribution in [0.3, 0.4) is 0 Å². The normalized spacial score (nSPS) is 10.9. The van der Waals surface area contributed by atoms with Crippen LogP contribution in [0.2, 0.25) is 0 Å². The molecule has 17 heavy (non-hydrogen) atoms. The quantitative estimate of drug-likeness (QED) is 0.692. The van der Waals surface area contributed by atoms with Gasteiger partial charge in [-0.2, -0.15) is 0 Å². The monoisotopic (exact) mass is 243 g/mol. The van der Waals surface area contributed by atoms with Crippen LogP contribution in [-0.2, 0) is 0 Å². The summed E-state index contributed by atoms with van der Waals surface area (Å²) in [5.41, 5.74) is 2.67. The van der Waals surface area contributed by atoms with E-state index in [1.54, 1.807) is 18.0 Å². The van der Waals surface area contributed by atoms with Crippen LogP contribution >= 0.6 is 11.8 Å². The SMILES string of the molecule is Cc1ccc(Sc2ccccn2)c2nonc12. The lowest BCUT2D eigenvalue weighted by molar-refractivity contribution is 0.315. The van der Waals surface area contributed by atoms with Crippen LogP contribution in [0.4, 0.5) is 0 Å². The average molecular weight is 243 g/mol. The molecule has 0 aliphatic heterocycles. The molecule has 0 fully saturated rings. The number of pyridine rings is 1. The molecule has 1 aromatic carbocycles. The second kappa shape index (κ2) is 4.18. The largest absolute Gasteiger partial charge is 0.250 e. The highest BCUT2D eigenvalue weighted by Gasteiger charge is 2.10. The van der Waals surface area contributed by atoms with Gasteiger partial charge in [-0.1, -0.05) is 23.9 Å². The molecule has 2 heterocycles. The fourth-order valence-corrected chi connectivity index (χ4v) is 2.42. The van der Waals surface area contributed by atoms with Gasteiger partial charge in [-0.3, -0.25) is 0 Å². The number of hydrogen-bond donors (Lipinski definition) is 0. The zero-order valence-corrected chi connectivity index (χ0v) is 9.94. The van der Waals surface area contributed by atoms with Gasteiger partial charge in [-0.15, -0.1) is 0 Å². The lowest BCUT2D eigenvalue weighted by atomic mass is 10.2. The topological polar surface area (TPSA) is 51.8 Å². The lowest BCUT2D eigenvalue weighted by Gasteiger charge is -2.01. The van der Waals surface area contributed by atoms with Crippen molar-refractivity contribution < 1.29 is 4.63 Å². The molecule has 5 heteroatoms. The molecule has 0 amide bonds. The maximum atomic E-state index is 4.79. The zero-order chi connectivity index (χ0) is 11.7. The Morgan fingerprint density at radius 3 is 2.76 bits per heavy atom. The van der Waals surface area contributed by atoms with Crippen molar-refractivity contribution in [3.63, 3.8) is 0 Å². The highest BCUT2D eigenvalue weighted by molar-refractivity contribution is 7.99. The van der Waals surface area contributed by atoms with Crippen LogP contribution in [0.5, 0.6) is 0 Å². The molecular formula is C12H9N3OS. The summed E-state index contributed by atoms with van der Waals surface area (Å²) in [5.74, 6) is 0. The Kier molecular flexibility index (Phi) is 2.53. The first-order chi connectivity index (χ1) is 8.34. The number of aromatic nitrogens is 3. The Morgan fingerprint density at radius 2 is 1.94 bits per heavy atom. The Labute approximate surface area is 102 Å². The van der Waals surface area contributed by atoms with Crippen LogP contribution in [0, 0.1) is 6.92 Å². The smallest absolute Gasteiger partial charge is 0.149 e. The van der Waals surface area contributed by atoms with Gasteiger partial charge in [0.2, 0.25) is 0 Å². The standard InChI is InChI=1S/C12H9N3OS/c1-8-5-6-9(12-11(8)14-16-15-12)17-10-4-2-3-7-13-10/h2-7H,1H3. The van der Waals surface area contributed by atoms with E-state index in [0.717, 1.165) is 26.5 Å². The number of nitrogens with zero attached hydrogens (tertiary/aromatic N) is 3. The van der Waals surface area contributed by atoms with Gasteiger partial charge >= 0.3 is 0 Å². The average Bonchev–Trinajstić information content (AvgIpc) is 2.84. The van der Waals surface area contributed by atoms with Gasteiger partial charge in [-0.25, -0.2) is 9.61 Å². The second-order valence-electron chi connectivity index (χ2n) is 3.61. The molecule has 0 spiro atoms. The van der Waals surface area contributed by atoms with Gasteiger partial charge in [0.1, 0.15) is 16.1 Å². The summed E-state index contributed by atoms with van der Waals surface area (Å²) in [5, 5.41) is 8.77. The minimum atomic E-state index is 0.792. The Balaban J connectivity index is 2.07. The first-order valence-electron chi connectivity index (χ1n) is 5.15. The van der Waals surface area contributed by atoms with Crippen molar-refractivity contribution in [2.45, 2.75) is 16.8 Å². The second-order valence-corrected chi connectivity index (χ2v) is 4.67. The van der Waals surface area contributed by atoms with Crippen molar-refractivity contribution in [3.05, 3.63) is 42.1 Å². The third-order valence-electron chi connectivity index (χ3n) is 2.43. The first-order valence-corrected chi connectivity index (χ1v) is 5.97. The molecule has 0 unspecified atom stereocenters. The molecule has 0 N–H and O–H groups in total. The van der Waals surface area contributed by atoms with Gasteiger partial charge < -0.3 is 0 Å². The van der Waals surface area contributed by atoms with E-state index in [9.17, 15) is 0 Å². The van der Waals surface area contributed by atoms with Crippen molar-refractivity contribution >= 4 is 22.8 Å². The number of aryl methyl sites for hydroxylation is 1. The van der Waals surface area contributed by atoms with E-state index >= 15 is 0 Å². The molecule has 0 aliphatic rings. The summed E-state index contributed by atoms with van der Waals surface area (Å²) >= 11 is 1.56. The fraction of sp³-hybridized carbons (Fsp3) is 0.0833. The van der Waals surface area contributed by atoms with E-state index in [4.69, 9.17) is 4.63 Å². The van der Waals surface area contributed by atoms with Crippen molar-refractivity contribution in [2.75, 3.05) is 0 Å². The highest BCUT2D eigenvalue weighted by Crippen LogP contribution is 2.31. The van der Waals surface area contributed by atoms with Gasteiger partial charge in [-0.05, 0) is 41.0 Å². The van der Waals surface area contributed by atoms with Crippen LogP contribution < -0.4 is 0 Å². The van der Waals surface area contributed by atoms with E-state index in [-0.39, 0.29) is 0 Å². The molecular weight excluding hydrogens is 234 g/mol. The molecule has 0 saturated heterocycles. The van der Waals surface area contributed by atoms with Crippen LogP contribution in [0.25, 0.3) is 11.0 Å². The van der Waals surface area contributed by atoms with E-state index in [0.29, 0.717) is 0 Å². The zero-order valence-electron chi connectivity index (χ0n) is 9.12. The minimum absolute atomic E-state index is 0.792. The van der Waals surface area contributed by atoms with Crippen molar-refractivity contribution in [3.8, 4) is 0 Å². The summed E-state index contributed by atoms with van der Waals surface area (Å²) in [6, 6.07) is 9.84. The van der Waals surface area contributed by atoms with Crippen LogP contribution in [-0.4, -0.2) is 15.3 Å². The predicted molar refractivity (Wildman–Crippen MR) is 64.9 cm³/mol.